The smallest absolute Gasteiger partial charge is 0.119 e. The van der Waals surface area contributed by atoms with Gasteiger partial charge in [0.25, 0.3) is 0 Å². The highest BCUT2D eigenvalue weighted by molar-refractivity contribution is 5.66. The largest absolute Gasteiger partial charge is 0.489 e. The van der Waals surface area contributed by atoms with Crippen molar-refractivity contribution < 1.29 is 4.74 Å². The lowest BCUT2D eigenvalue weighted by molar-refractivity contribution is 0.306. The molecule has 1 nitrogen and oxygen atoms in total. The van der Waals surface area contributed by atoms with E-state index >= 15 is 0 Å². The molecule has 0 heterocycles. The first kappa shape index (κ1) is 13.0. The first-order valence-electron chi connectivity index (χ1n) is 7.38. The van der Waals surface area contributed by atoms with Gasteiger partial charge in [-0.25, -0.2) is 0 Å². The molecule has 1 aliphatic rings. The van der Waals surface area contributed by atoms with Crippen molar-refractivity contribution in [2.75, 3.05) is 0 Å². The van der Waals surface area contributed by atoms with Crippen LogP contribution in [0.15, 0.2) is 60.7 Å². The number of allylic oxidation sites excluding steroid dienone is 2. The van der Waals surface area contributed by atoms with Gasteiger partial charge in [0.1, 0.15) is 12.4 Å². The van der Waals surface area contributed by atoms with E-state index in [1.54, 1.807) is 0 Å². The zero-order valence-electron chi connectivity index (χ0n) is 11.7. The van der Waals surface area contributed by atoms with Gasteiger partial charge in [-0.3, -0.25) is 0 Å². The van der Waals surface area contributed by atoms with Gasteiger partial charge in [-0.05, 0) is 54.5 Å². The third kappa shape index (κ3) is 3.30. The highest BCUT2D eigenvalue weighted by atomic mass is 16.5. The van der Waals surface area contributed by atoms with Gasteiger partial charge in [0.05, 0.1) is 0 Å². The molecule has 0 N–H and O–H groups in total. The minimum atomic E-state index is 0.628. The van der Waals surface area contributed by atoms with Crippen LogP contribution in [0.25, 0.3) is 5.57 Å². The molecule has 102 valence electrons. The topological polar surface area (TPSA) is 9.23 Å². The molecule has 0 fully saturated rings. The lowest BCUT2D eigenvalue weighted by atomic mass is 9.94. The normalized spacial score (nSPS) is 14.7. The number of rotatable bonds is 4. The average Bonchev–Trinajstić information content (AvgIpc) is 2.55. The second-order valence-corrected chi connectivity index (χ2v) is 5.27. The SMILES string of the molecule is C1=C(c2ccc(OCc3ccccc3)cc2)CCCC1. The Hall–Kier alpha value is -2.02. The van der Waals surface area contributed by atoms with Gasteiger partial charge in [0.2, 0.25) is 0 Å². The van der Waals surface area contributed by atoms with Crippen molar-refractivity contribution >= 4 is 5.57 Å². The summed E-state index contributed by atoms with van der Waals surface area (Å²) in [6.45, 7) is 0.628. The van der Waals surface area contributed by atoms with E-state index in [0.29, 0.717) is 6.61 Å². The monoisotopic (exact) mass is 264 g/mol. The van der Waals surface area contributed by atoms with Crippen molar-refractivity contribution in [3.63, 3.8) is 0 Å². The number of ether oxygens (including phenoxy) is 1. The van der Waals surface area contributed by atoms with E-state index in [2.05, 4.69) is 42.5 Å². The number of hydrogen-bond donors (Lipinski definition) is 0. The van der Waals surface area contributed by atoms with Crippen molar-refractivity contribution in [1.82, 2.24) is 0 Å². The van der Waals surface area contributed by atoms with Crippen LogP contribution in [0, 0.1) is 0 Å². The first-order valence-corrected chi connectivity index (χ1v) is 7.38. The fourth-order valence-corrected chi connectivity index (χ4v) is 2.61. The van der Waals surface area contributed by atoms with Crippen LogP contribution < -0.4 is 4.74 Å². The Morgan fingerprint density at radius 2 is 1.65 bits per heavy atom. The van der Waals surface area contributed by atoms with E-state index in [4.69, 9.17) is 4.74 Å². The van der Waals surface area contributed by atoms with Gasteiger partial charge in [-0.2, -0.15) is 0 Å². The van der Waals surface area contributed by atoms with Crippen molar-refractivity contribution in [2.24, 2.45) is 0 Å². The quantitative estimate of drug-likeness (QED) is 0.735. The standard InChI is InChI=1S/C19H20O/c1-3-7-16(8-4-1)15-20-19-13-11-18(12-14-19)17-9-5-2-6-10-17/h1,3-4,7-9,11-14H,2,5-6,10,15H2. The summed E-state index contributed by atoms with van der Waals surface area (Å²) in [5.41, 5.74) is 4.04. The number of benzene rings is 2. The van der Waals surface area contributed by atoms with Crippen LogP contribution in [0.1, 0.15) is 36.8 Å². The molecule has 0 saturated heterocycles. The Bertz CT molecular complexity index is 566. The van der Waals surface area contributed by atoms with Gasteiger partial charge >= 0.3 is 0 Å². The fraction of sp³-hybridized carbons (Fsp3) is 0.263. The predicted octanol–water partition coefficient (Wildman–Crippen LogP) is 5.22. The van der Waals surface area contributed by atoms with Crippen LogP contribution in [0.5, 0.6) is 5.75 Å². The maximum Gasteiger partial charge on any atom is 0.119 e. The van der Waals surface area contributed by atoms with Crippen molar-refractivity contribution in [2.45, 2.75) is 32.3 Å². The second kappa shape index (κ2) is 6.42. The molecule has 0 spiro atoms. The molecule has 20 heavy (non-hydrogen) atoms. The summed E-state index contributed by atoms with van der Waals surface area (Å²) in [6, 6.07) is 18.8. The van der Waals surface area contributed by atoms with Crippen LogP contribution in [-0.4, -0.2) is 0 Å². The summed E-state index contributed by atoms with van der Waals surface area (Å²) in [4.78, 5) is 0. The van der Waals surface area contributed by atoms with Gasteiger partial charge < -0.3 is 4.74 Å². The van der Waals surface area contributed by atoms with Crippen molar-refractivity contribution in [1.29, 1.82) is 0 Å². The zero-order valence-corrected chi connectivity index (χ0v) is 11.7. The average molecular weight is 264 g/mol. The van der Waals surface area contributed by atoms with Crippen LogP contribution in [0.3, 0.4) is 0 Å². The Morgan fingerprint density at radius 1 is 0.850 bits per heavy atom. The maximum atomic E-state index is 5.81. The molecule has 0 radical (unpaired) electrons. The molecule has 0 unspecified atom stereocenters. The third-order valence-electron chi connectivity index (χ3n) is 3.76. The predicted molar refractivity (Wildman–Crippen MR) is 83.7 cm³/mol. The highest BCUT2D eigenvalue weighted by Crippen LogP contribution is 2.27. The summed E-state index contributed by atoms with van der Waals surface area (Å²) in [6.07, 6.45) is 7.47. The van der Waals surface area contributed by atoms with Gasteiger partial charge in [-0.1, -0.05) is 48.5 Å². The summed E-state index contributed by atoms with van der Waals surface area (Å²) in [5.74, 6) is 0.939. The summed E-state index contributed by atoms with van der Waals surface area (Å²) in [7, 11) is 0. The molecule has 0 amide bonds. The fourth-order valence-electron chi connectivity index (χ4n) is 2.61. The van der Waals surface area contributed by atoms with E-state index < -0.39 is 0 Å². The Morgan fingerprint density at radius 3 is 2.35 bits per heavy atom. The Balaban J connectivity index is 1.63. The molecular weight excluding hydrogens is 244 g/mol. The van der Waals surface area contributed by atoms with E-state index in [9.17, 15) is 0 Å². The molecule has 0 bridgehead atoms. The second-order valence-electron chi connectivity index (χ2n) is 5.27. The van der Waals surface area contributed by atoms with Crippen LogP contribution in [0.2, 0.25) is 0 Å². The van der Waals surface area contributed by atoms with Crippen LogP contribution in [-0.2, 0) is 6.61 Å². The lowest BCUT2D eigenvalue weighted by Crippen LogP contribution is -1.96. The first-order chi connectivity index (χ1) is 9.92. The van der Waals surface area contributed by atoms with E-state index in [1.165, 1.54) is 42.4 Å². The molecule has 0 aromatic heterocycles. The molecule has 0 aliphatic heterocycles. The lowest BCUT2D eigenvalue weighted by Gasteiger charge is -2.13. The van der Waals surface area contributed by atoms with Crippen LogP contribution in [0.4, 0.5) is 0 Å². The minimum Gasteiger partial charge on any atom is -0.489 e. The van der Waals surface area contributed by atoms with Gasteiger partial charge in [-0.15, -0.1) is 0 Å². The van der Waals surface area contributed by atoms with Crippen molar-refractivity contribution in [3.8, 4) is 5.75 Å². The summed E-state index contributed by atoms with van der Waals surface area (Å²) in [5, 5.41) is 0. The van der Waals surface area contributed by atoms with Crippen LogP contribution >= 0.6 is 0 Å². The Kier molecular flexibility index (Phi) is 4.17. The van der Waals surface area contributed by atoms with Crippen molar-refractivity contribution in [3.05, 3.63) is 71.8 Å². The molecule has 0 atom stereocenters. The van der Waals surface area contributed by atoms with Gasteiger partial charge in [0.15, 0.2) is 0 Å². The molecule has 1 heteroatoms. The summed E-state index contributed by atoms with van der Waals surface area (Å²) >= 11 is 0. The third-order valence-corrected chi connectivity index (χ3v) is 3.76. The Labute approximate surface area is 120 Å². The van der Waals surface area contributed by atoms with Gasteiger partial charge in [0, 0.05) is 0 Å². The highest BCUT2D eigenvalue weighted by Gasteiger charge is 2.06. The number of hydrogen-bond acceptors (Lipinski definition) is 1. The van der Waals surface area contributed by atoms with E-state index in [1.807, 2.05) is 18.2 Å². The van der Waals surface area contributed by atoms with E-state index in [0.717, 1.165) is 5.75 Å². The molecular formula is C19H20O. The van der Waals surface area contributed by atoms with E-state index in [-0.39, 0.29) is 0 Å². The molecule has 0 saturated carbocycles. The molecule has 3 rings (SSSR count). The zero-order chi connectivity index (χ0) is 13.6. The summed E-state index contributed by atoms with van der Waals surface area (Å²) < 4.78 is 5.81. The maximum absolute atomic E-state index is 5.81. The molecule has 2 aromatic rings. The molecule has 2 aromatic carbocycles. The minimum absolute atomic E-state index is 0.628. The molecule has 1 aliphatic carbocycles.